The Morgan fingerprint density at radius 2 is 1.89 bits per heavy atom. The minimum atomic E-state index is 0.201. The highest BCUT2D eigenvalue weighted by Gasteiger charge is 2.38. The molecule has 1 aliphatic rings. The molecule has 0 saturated carbocycles. The van der Waals surface area contributed by atoms with Crippen LogP contribution in [-0.4, -0.2) is 49.3 Å². The van der Waals surface area contributed by atoms with Crippen molar-refractivity contribution in [2.75, 3.05) is 26.8 Å². The van der Waals surface area contributed by atoms with Gasteiger partial charge in [-0.15, -0.1) is 0 Å². The Balaban J connectivity index is 2.88. The highest BCUT2D eigenvalue weighted by molar-refractivity contribution is 4.96. The maximum absolute atomic E-state index is 5.45. The third kappa shape index (κ3) is 3.94. The fourth-order valence-electron chi connectivity index (χ4n) is 2.95. The zero-order valence-electron chi connectivity index (χ0n) is 13.3. The summed E-state index contributed by atoms with van der Waals surface area (Å²) in [6.07, 6.45) is 0. The van der Waals surface area contributed by atoms with Gasteiger partial charge in [-0.25, -0.2) is 0 Å². The first-order valence-electron chi connectivity index (χ1n) is 7.28. The highest BCUT2D eigenvalue weighted by Crippen LogP contribution is 2.25. The molecule has 0 aliphatic carbocycles. The van der Waals surface area contributed by atoms with Gasteiger partial charge in [-0.05, 0) is 25.7 Å². The Morgan fingerprint density at radius 1 is 1.28 bits per heavy atom. The number of ether oxygens (including phenoxy) is 1. The molecule has 0 radical (unpaired) electrons. The molecule has 1 N–H and O–H groups in total. The normalized spacial score (nSPS) is 26.8. The second-order valence-electron chi connectivity index (χ2n) is 7.02. The van der Waals surface area contributed by atoms with Crippen LogP contribution in [0.15, 0.2) is 0 Å². The van der Waals surface area contributed by atoms with E-state index in [0.29, 0.717) is 23.9 Å². The molecule has 2 unspecified atom stereocenters. The number of hydrogen-bond acceptors (Lipinski definition) is 3. The van der Waals surface area contributed by atoms with Gasteiger partial charge in [0.15, 0.2) is 0 Å². The number of hydrogen-bond donors (Lipinski definition) is 1. The fraction of sp³-hybridized carbons (Fsp3) is 1.00. The SMILES string of the molecule is COCC(C(C)C)N1CC(C)(C)NCC1C(C)C. The standard InChI is InChI=1S/C15H32N2O/c1-11(2)13-8-16-15(5,6)10-17(13)14(9-18-7)12(3)4/h11-14,16H,8-10H2,1-7H3. The quantitative estimate of drug-likeness (QED) is 0.817. The third-order valence-corrected chi connectivity index (χ3v) is 4.10. The molecular formula is C15H32N2O. The molecule has 1 heterocycles. The summed E-state index contributed by atoms with van der Waals surface area (Å²) in [5.41, 5.74) is 0.201. The summed E-state index contributed by atoms with van der Waals surface area (Å²) in [5, 5.41) is 3.67. The van der Waals surface area contributed by atoms with Crippen molar-refractivity contribution in [3.8, 4) is 0 Å². The van der Waals surface area contributed by atoms with Gasteiger partial charge in [-0.2, -0.15) is 0 Å². The van der Waals surface area contributed by atoms with E-state index in [1.165, 1.54) is 0 Å². The first-order chi connectivity index (χ1) is 8.28. The highest BCUT2D eigenvalue weighted by atomic mass is 16.5. The predicted octanol–water partition coefficient (Wildman–Crippen LogP) is 2.37. The average Bonchev–Trinajstić information content (AvgIpc) is 2.23. The fourth-order valence-corrected chi connectivity index (χ4v) is 2.95. The van der Waals surface area contributed by atoms with E-state index in [9.17, 15) is 0 Å². The van der Waals surface area contributed by atoms with Crippen LogP contribution in [0.1, 0.15) is 41.5 Å². The second-order valence-corrected chi connectivity index (χ2v) is 7.02. The van der Waals surface area contributed by atoms with Gasteiger partial charge in [-0.1, -0.05) is 27.7 Å². The van der Waals surface area contributed by atoms with Gasteiger partial charge < -0.3 is 10.1 Å². The minimum Gasteiger partial charge on any atom is -0.383 e. The van der Waals surface area contributed by atoms with Crippen LogP contribution in [0.4, 0.5) is 0 Å². The Labute approximate surface area is 113 Å². The van der Waals surface area contributed by atoms with Crippen molar-refractivity contribution in [1.82, 2.24) is 10.2 Å². The van der Waals surface area contributed by atoms with E-state index in [1.807, 2.05) is 7.11 Å². The van der Waals surface area contributed by atoms with Crippen molar-refractivity contribution >= 4 is 0 Å². The van der Waals surface area contributed by atoms with Crippen LogP contribution in [-0.2, 0) is 4.74 Å². The van der Waals surface area contributed by atoms with Gasteiger partial charge in [0.1, 0.15) is 0 Å². The van der Waals surface area contributed by atoms with E-state index in [4.69, 9.17) is 4.74 Å². The molecule has 0 bridgehead atoms. The summed E-state index contributed by atoms with van der Waals surface area (Å²) >= 11 is 0. The number of methoxy groups -OCH3 is 1. The van der Waals surface area contributed by atoms with Crippen LogP contribution in [0, 0.1) is 11.8 Å². The predicted molar refractivity (Wildman–Crippen MR) is 77.9 cm³/mol. The molecule has 0 aromatic carbocycles. The third-order valence-electron chi connectivity index (χ3n) is 4.10. The minimum absolute atomic E-state index is 0.201. The van der Waals surface area contributed by atoms with E-state index in [0.717, 1.165) is 19.7 Å². The van der Waals surface area contributed by atoms with Gasteiger partial charge in [0.2, 0.25) is 0 Å². The van der Waals surface area contributed by atoms with Crippen LogP contribution < -0.4 is 5.32 Å². The summed E-state index contributed by atoms with van der Waals surface area (Å²) in [6.45, 7) is 16.8. The summed E-state index contributed by atoms with van der Waals surface area (Å²) < 4.78 is 5.45. The summed E-state index contributed by atoms with van der Waals surface area (Å²) in [6, 6.07) is 1.13. The molecule has 18 heavy (non-hydrogen) atoms. The molecule has 0 aromatic heterocycles. The zero-order valence-corrected chi connectivity index (χ0v) is 13.3. The van der Waals surface area contributed by atoms with Crippen molar-refractivity contribution in [2.45, 2.75) is 59.2 Å². The summed E-state index contributed by atoms with van der Waals surface area (Å²) in [4.78, 5) is 2.68. The van der Waals surface area contributed by atoms with E-state index < -0.39 is 0 Å². The van der Waals surface area contributed by atoms with E-state index in [1.54, 1.807) is 0 Å². The van der Waals surface area contributed by atoms with Gasteiger partial charge in [0, 0.05) is 37.8 Å². The summed E-state index contributed by atoms with van der Waals surface area (Å²) in [7, 11) is 1.81. The second kappa shape index (κ2) is 6.36. The molecule has 0 spiro atoms. The maximum atomic E-state index is 5.45. The lowest BCUT2D eigenvalue weighted by Gasteiger charge is -2.50. The average molecular weight is 256 g/mol. The molecule has 1 fully saturated rings. The van der Waals surface area contributed by atoms with Gasteiger partial charge >= 0.3 is 0 Å². The topological polar surface area (TPSA) is 24.5 Å². The lowest BCUT2D eigenvalue weighted by Crippen LogP contribution is -2.66. The largest absolute Gasteiger partial charge is 0.383 e. The van der Waals surface area contributed by atoms with E-state index >= 15 is 0 Å². The molecule has 1 aliphatic heterocycles. The van der Waals surface area contributed by atoms with Crippen LogP contribution in [0.3, 0.4) is 0 Å². The zero-order chi connectivity index (χ0) is 13.9. The molecule has 1 rings (SSSR count). The smallest absolute Gasteiger partial charge is 0.0620 e. The first-order valence-corrected chi connectivity index (χ1v) is 7.28. The molecular weight excluding hydrogens is 224 g/mol. The Hall–Kier alpha value is -0.120. The number of nitrogens with zero attached hydrogens (tertiary/aromatic N) is 1. The van der Waals surface area contributed by atoms with E-state index in [-0.39, 0.29) is 5.54 Å². The molecule has 1 saturated heterocycles. The van der Waals surface area contributed by atoms with Crippen LogP contribution in [0.5, 0.6) is 0 Å². The first kappa shape index (κ1) is 15.9. The molecule has 2 atom stereocenters. The van der Waals surface area contributed by atoms with Crippen molar-refractivity contribution in [2.24, 2.45) is 11.8 Å². The van der Waals surface area contributed by atoms with E-state index in [2.05, 4.69) is 51.8 Å². The van der Waals surface area contributed by atoms with Crippen molar-refractivity contribution in [1.29, 1.82) is 0 Å². The Kier molecular flexibility index (Phi) is 5.63. The monoisotopic (exact) mass is 256 g/mol. The van der Waals surface area contributed by atoms with Crippen molar-refractivity contribution < 1.29 is 4.74 Å². The molecule has 3 nitrogen and oxygen atoms in total. The lowest BCUT2D eigenvalue weighted by atomic mass is 9.89. The maximum Gasteiger partial charge on any atom is 0.0620 e. The van der Waals surface area contributed by atoms with Crippen molar-refractivity contribution in [3.05, 3.63) is 0 Å². The van der Waals surface area contributed by atoms with Crippen molar-refractivity contribution in [3.63, 3.8) is 0 Å². The number of nitrogens with one attached hydrogen (secondary N) is 1. The molecule has 0 aromatic rings. The van der Waals surface area contributed by atoms with Crippen LogP contribution >= 0.6 is 0 Å². The van der Waals surface area contributed by atoms with Crippen LogP contribution in [0.2, 0.25) is 0 Å². The van der Waals surface area contributed by atoms with Gasteiger partial charge in [0.05, 0.1) is 6.61 Å². The Morgan fingerprint density at radius 3 is 2.33 bits per heavy atom. The number of rotatable bonds is 5. The lowest BCUT2D eigenvalue weighted by molar-refractivity contribution is -0.0169. The Bertz CT molecular complexity index is 251. The molecule has 108 valence electrons. The van der Waals surface area contributed by atoms with Gasteiger partial charge in [-0.3, -0.25) is 4.90 Å². The summed E-state index contributed by atoms with van der Waals surface area (Å²) in [5.74, 6) is 1.30. The number of piperazine rings is 1. The van der Waals surface area contributed by atoms with Gasteiger partial charge in [0.25, 0.3) is 0 Å². The van der Waals surface area contributed by atoms with Crippen LogP contribution in [0.25, 0.3) is 0 Å². The molecule has 3 heteroatoms. The molecule has 0 amide bonds.